The normalized spacial score (nSPS) is 15.8. The van der Waals surface area contributed by atoms with E-state index >= 15 is 0 Å². The zero-order valence-electron chi connectivity index (χ0n) is 14.5. The van der Waals surface area contributed by atoms with Gasteiger partial charge in [-0.05, 0) is 29.9 Å². The Morgan fingerprint density at radius 3 is 2.50 bits per heavy atom. The van der Waals surface area contributed by atoms with Crippen molar-refractivity contribution in [1.82, 2.24) is 10.2 Å². The third-order valence-electron chi connectivity index (χ3n) is 4.59. The van der Waals surface area contributed by atoms with Gasteiger partial charge in [-0.2, -0.15) is 11.3 Å². The minimum atomic E-state index is -0.273. The van der Waals surface area contributed by atoms with E-state index in [0.29, 0.717) is 25.1 Å². The Balaban J connectivity index is 0.00000243. The van der Waals surface area contributed by atoms with Gasteiger partial charge in [0.15, 0.2) is 0 Å². The van der Waals surface area contributed by atoms with Crippen molar-refractivity contribution in [3.05, 3.63) is 58.3 Å². The molecule has 1 saturated heterocycles. The van der Waals surface area contributed by atoms with Gasteiger partial charge in [-0.15, -0.1) is 12.4 Å². The second-order valence-electron chi connectivity index (χ2n) is 6.36. The second kappa shape index (κ2) is 9.71. The summed E-state index contributed by atoms with van der Waals surface area (Å²) in [4.78, 5) is 26.4. The summed E-state index contributed by atoms with van der Waals surface area (Å²) in [6.45, 7) is 1.32. The summed E-state index contributed by atoms with van der Waals surface area (Å²) in [5.74, 6) is 0.0519. The van der Waals surface area contributed by atoms with Crippen LogP contribution in [0.4, 0.5) is 0 Å². The molecule has 3 rings (SSSR count). The van der Waals surface area contributed by atoms with E-state index < -0.39 is 0 Å². The van der Waals surface area contributed by atoms with Crippen LogP contribution in [-0.2, 0) is 4.79 Å². The fourth-order valence-corrected chi connectivity index (χ4v) is 3.71. The largest absolute Gasteiger partial charge is 0.349 e. The summed E-state index contributed by atoms with van der Waals surface area (Å²) >= 11 is 1.51. The first-order valence-electron chi connectivity index (χ1n) is 8.55. The molecular weight excluding hydrogens is 370 g/mol. The van der Waals surface area contributed by atoms with E-state index in [-0.39, 0.29) is 36.3 Å². The first kappa shape index (κ1) is 20.4. The third kappa shape index (κ3) is 5.30. The molecule has 0 aliphatic carbocycles. The maximum atomic E-state index is 12.5. The molecule has 7 heteroatoms. The fourth-order valence-electron chi connectivity index (χ4n) is 3.07. The lowest BCUT2D eigenvalue weighted by atomic mass is 10.0. The molecule has 2 heterocycles. The number of nitrogens with two attached hydrogens (primary N) is 1. The van der Waals surface area contributed by atoms with Crippen LogP contribution in [0.15, 0.2) is 47.2 Å². The lowest BCUT2D eigenvalue weighted by molar-refractivity contribution is -0.132. The van der Waals surface area contributed by atoms with Crippen LogP contribution >= 0.6 is 23.7 Å². The van der Waals surface area contributed by atoms with Gasteiger partial charge in [-0.1, -0.05) is 30.3 Å². The van der Waals surface area contributed by atoms with Crippen LogP contribution in [0.2, 0.25) is 0 Å². The average Bonchev–Trinajstić information content (AvgIpc) is 3.18. The predicted molar refractivity (Wildman–Crippen MR) is 107 cm³/mol. The molecule has 140 valence electrons. The van der Waals surface area contributed by atoms with Crippen LogP contribution in [0.3, 0.4) is 0 Å². The Morgan fingerprint density at radius 1 is 1.19 bits per heavy atom. The van der Waals surface area contributed by atoms with Crippen LogP contribution in [0, 0.1) is 0 Å². The van der Waals surface area contributed by atoms with Gasteiger partial charge >= 0.3 is 0 Å². The molecule has 0 spiro atoms. The topological polar surface area (TPSA) is 75.4 Å². The van der Waals surface area contributed by atoms with Gasteiger partial charge in [0.05, 0.1) is 0 Å². The Hall–Kier alpha value is -1.89. The first-order chi connectivity index (χ1) is 12.1. The van der Waals surface area contributed by atoms with Gasteiger partial charge in [-0.25, -0.2) is 0 Å². The van der Waals surface area contributed by atoms with Gasteiger partial charge in [0.1, 0.15) is 0 Å². The molecule has 1 aromatic carbocycles. The lowest BCUT2D eigenvalue weighted by Crippen LogP contribution is -2.47. The average molecular weight is 394 g/mol. The van der Waals surface area contributed by atoms with Crippen molar-refractivity contribution in [1.29, 1.82) is 0 Å². The van der Waals surface area contributed by atoms with E-state index in [1.54, 1.807) is 0 Å². The number of hydrogen-bond acceptors (Lipinski definition) is 4. The molecule has 1 aliphatic heterocycles. The molecule has 2 aromatic rings. The van der Waals surface area contributed by atoms with Crippen molar-refractivity contribution in [2.75, 3.05) is 13.1 Å². The van der Waals surface area contributed by atoms with Crippen molar-refractivity contribution in [2.24, 2.45) is 5.73 Å². The smallest absolute Gasteiger partial charge is 0.252 e. The van der Waals surface area contributed by atoms with E-state index in [1.165, 1.54) is 11.3 Å². The molecule has 26 heavy (non-hydrogen) atoms. The van der Waals surface area contributed by atoms with Crippen molar-refractivity contribution in [3.63, 3.8) is 0 Å². The molecule has 1 atom stereocenters. The number of carbonyl (C=O) groups is 2. The number of amides is 2. The number of halogens is 1. The van der Waals surface area contributed by atoms with Crippen LogP contribution in [0.5, 0.6) is 0 Å². The minimum Gasteiger partial charge on any atom is -0.349 e. The zero-order valence-corrected chi connectivity index (χ0v) is 16.1. The standard InChI is InChI=1S/C19H23N3O2S.ClH/c20-17(14-4-2-1-3-5-14)12-18(23)22-9-6-16(7-10-22)21-19(24)15-8-11-25-13-15;/h1-5,8,11,13,16-17H,6-7,9-10,12,20H2,(H,21,24);1H. The maximum Gasteiger partial charge on any atom is 0.252 e. The van der Waals surface area contributed by atoms with Crippen molar-refractivity contribution in [3.8, 4) is 0 Å². The summed E-state index contributed by atoms with van der Waals surface area (Å²) in [7, 11) is 0. The van der Waals surface area contributed by atoms with Gasteiger partial charge in [-0.3, -0.25) is 9.59 Å². The number of rotatable bonds is 5. The van der Waals surface area contributed by atoms with Crippen molar-refractivity contribution < 1.29 is 9.59 Å². The second-order valence-corrected chi connectivity index (χ2v) is 7.14. The van der Waals surface area contributed by atoms with E-state index in [9.17, 15) is 9.59 Å². The van der Waals surface area contributed by atoms with E-state index in [4.69, 9.17) is 5.73 Å². The predicted octanol–water partition coefficient (Wildman–Crippen LogP) is 2.98. The molecule has 1 fully saturated rings. The monoisotopic (exact) mass is 393 g/mol. The summed E-state index contributed by atoms with van der Waals surface area (Å²) in [5, 5.41) is 6.79. The summed E-state index contributed by atoms with van der Waals surface area (Å²) in [6.07, 6.45) is 1.88. The molecule has 1 aromatic heterocycles. The molecule has 3 N–H and O–H groups in total. The first-order valence-corrected chi connectivity index (χ1v) is 9.49. The highest BCUT2D eigenvalue weighted by atomic mass is 35.5. The number of piperidine rings is 1. The van der Waals surface area contributed by atoms with Gasteiger partial charge in [0, 0.05) is 42.5 Å². The molecule has 2 amide bonds. The number of thiophene rings is 1. The van der Waals surface area contributed by atoms with Crippen molar-refractivity contribution in [2.45, 2.75) is 31.3 Å². The number of likely N-dealkylation sites (tertiary alicyclic amines) is 1. The summed E-state index contributed by atoms with van der Waals surface area (Å²) in [6, 6.07) is 11.4. The van der Waals surface area contributed by atoms with Crippen LogP contribution in [0.1, 0.15) is 41.2 Å². The van der Waals surface area contributed by atoms with Crippen LogP contribution in [-0.4, -0.2) is 35.8 Å². The Kier molecular flexibility index (Phi) is 7.63. The van der Waals surface area contributed by atoms with Gasteiger partial charge in [0.25, 0.3) is 5.91 Å². The number of benzene rings is 1. The molecule has 5 nitrogen and oxygen atoms in total. The molecule has 0 saturated carbocycles. The third-order valence-corrected chi connectivity index (χ3v) is 5.27. The molecule has 0 bridgehead atoms. The number of nitrogens with zero attached hydrogens (tertiary/aromatic N) is 1. The lowest BCUT2D eigenvalue weighted by Gasteiger charge is -2.33. The Labute approximate surface area is 164 Å². The number of carbonyl (C=O) groups excluding carboxylic acids is 2. The highest BCUT2D eigenvalue weighted by molar-refractivity contribution is 7.08. The Bertz CT molecular complexity index is 701. The summed E-state index contributed by atoms with van der Waals surface area (Å²) in [5.41, 5.74) is 7.83. The van der Waals surface area contributed by atoms with Crippen LogP contribution < -0.4 is 11.1 Å². The number of nitrogens with one attached hydrogen (secondary N) is 1. The van der Waals surface area contributed by atoms with E-state index in [1.807, 2.05) is 52.1 Å². The zero-order chi connectivity index (χ0) is 17.6. The van der Waals surface area contributed by atoms with E-state index in [2.05, 4.69) is 5.32 Å². The molecule has 0 radical (unpaired) electrons. The van der Waals surface area contributed by atoms with Gasteiger partial charge in [0.2, 0.25) is 5.91 Å². The fraction of sp³-hybridized carbons (Fsp3) is 0.368. The minimum absolute atomic E-state index is 0. The number of hydrogen-bond donors (Lipinski definition) is 2. The Morgan fingerprint density at radius 2 is 1.88 bits per heavy atom. The molecular formula is C19H24ClN3O2S. The summed E-state index contributed by atoms with van der Waals surface area (Å²) < 4.78 is 0. The van der Waals surface area contributed by atoms with Gasteiger partial charge < -0.3 is 16.0 Å². The molecule has 1 unspecified atom stereocenters. The van der Waals surface area contributed by atoms with Crippen molar-refractivity contribution >= 4 is 35.6 Å². The van der Waals surface area contributed by atoms with E-state index in [0.717, 1.165) is 18.4 Å². The highest BCUT2D eigenvalue weighted by Crippen LogP contribution is 2.18. The highest BCUT2D eigenvalue weighted by Gasteiger charge is 2.25. The van der Waals surface area contributed by atoms with Crippen LogP contribution in [0.25, 0.3) is 0 Å². The maximum absolute atomic E-state index is 12.5. The molecule has 1 aliphatic rings. The SMILES string of the molecule is Cl.NC(CC(=O)N1CCC(NC(=O)c2ccsc2)CC1)c1ccccc1. The quantitative estimate of drug-likeness (QED) is 0.819.